The minimum absolute atomic E-state index is 0.129. The Kier molecular flexibility index (Phi) is 3.31. The molecule has 2 aliphatic rings. The van der Waals surface area contributed by atoms with E-state index in [0.717, 1.165) is 36.6 Å². The summed E-state index contributed by atoms with van der Waals surface area (Å²) in [4.78, 5) is 36.7. The highest BCUT2D eigenvalue weighted by Crippen LogP contribution is 2.33. The van der Waals surface area contributed by atoms with Crippen molar-refractivity contribution in [1.82, 2.24) is 0 Å². The number of nitrogens with zero attached hydrogens (tertiary/aromatic N) is 1. The van der Waals surface area contributed by atoms with Gasteiger partial charge >= 0.3 is 0 Å². The van der Waals surface area contributed by atoms with Crippen LogP contribution in [-0.4, -0.2) is 24.0 Å². The van der Waals surface area contributed by atoms with Crippen molar-refractivity contribution < 1.29 is 23.2 Å². The summed E-state index contributed by atoms with van der Waals surface area (Å²) in [5, 5.41) is 0. The minimum atomic E-state index is -1.07. The number of fused-ring (bicyclic) bond motifs is 1. The fourth-order valence-electron chi connectivity index (χ4n) is 3.03. The average molecular weight is 293 g/mol. The maximum absolute atomic E-state index is 13.7. The predicted octanol–water partition coefficient (Wildman–Crippen LogP) is 2.25. The van der Waals surface area contributed by atoms with Crippen LogP contribution in [0.5, 0.6) is 0 Å². The molecule has 0 aromatic heterocycles. The Labute approximate surface area is 119 Å². The largest absolute Gasteiger partial charge is 0.300 e. The van der Waals surface area contributed by atoms with Gasteiger partial charge in [-0.1, -0.05) is 12.8 Å². The molecule has 0 N–H and O–H groups in total. The van der Waals surface area contributed by atoms with Gasteiger partial charge in [-0.15, -0.1) is 0 Å². The quantitative estimate of drug-likeness (QED) is 0.803. The molecule has 1 aromatic rings. The number of Topliss-reactive ketones (excluding diaryl/α,β-unsaturated/α-hetero) is 2. The topological polar surface area (TPSA) is 54.5 Å². The van der Waals surface area contributed by atoms with Crippen molar-refractivity contribution in [3.63, 3.8) is 0 Å². The molecular formula is C15H13F2NO3. The Morgan fingerprint density at radius 3 is 2.52 bits per heavy atom. The molecule has 21 heavy (non-hydrogen) atoms. The van der Waals surface area contributed by atoms with Gasteiger partial charge in [-0.3, -0.25) is 19.3 Å². The number of carbonyl (C=O) groups is 3. The van der Waals surface area contributed by atoms with Gasteiger partial charge < -0.3 is 0 Å². The Bertz CT molecular complexity index is 651. The highest BCUT2D eigenvalue weighted by molar-refractivity contribution is 6.52. The van der Waals surface area contributed by atoms with Gasteiger partial charge in [-0.05, 0) is 18.9 Å². The van der Waals surface area contributed by atoms with Gasteiger partial charge in [-0.25, -0.2) is 8.78 Å². The van der Waals surface area contributed by atoms with Gasteiger partial charge in [0.1, 0.15) is 11.6 Å². The number of halogens is 2. The van der Waals surface area contributed by atoms with Crippen LogP contribution in [0.4, 0.5) is 14.5 Å². The van der Waals surface area contributed by atoms with Gasteiger partial charge in [0.25, 0.3) is 11.7 Å². The molecule has 1 aliphatic heterocycles. The van der Waals surface area contributed by atoms with Crippen LogP contribution in [0.1, 0.15) is 36.0 Å². The van der Waals surface area contributed by atoms with Crippen LogP contribution in [0.25, 0.3) is 0 Å². The fourth-order valence-corrected chi connectivity index (χ4v) is 3.03. The van der Waals surface area contributed by atoms with Crippen molar-refractivity contribution in [1.29, 1.82) is 0 Å². The number of ketones is 2. The lowest BCUT2D eigenvalue weighted by Gasteiger charge is -2.18. The molecule has 1 saturated carbocycles. The van der Waals surface area contributed by atoms with E-state index in [0.29, 0.717) is 6.07 Å². The van der Waals surface area contributed by atoms with Gasteiger partial charge in [-0.2, -0.15) is 0 Å². The molecule has 0 bridgehead atoms. The predicted molar refractivity (Wildman–Crippen MR) is 70.0 cm³/mol. The third-order valence-electron chi connectivity index (χ3n) is 4.12. The molecule has 0 saturated heterocycles. The molecule has 1 amide bonds. The molecule has 1 fully saturated rings. The van der Waals surface area contributed by atoms with E-state index in [1.54, 1.807) is 0 Å². The van der Waals surface area contributed by atoms with Crippen molar-refractivity contribution in [3.05, 3.63) is 29.3 Å². The number of amides is 1. The molecule has 1 aliphatic carbocycles. The molecule has 0 radical (unpaired) electrons. The number of hydrogen-bond donors (Lipinski definition) is 0. The summed E-state index contributed by atoms with van der Waals surface area (Å²) in [6.07, 6.45) is 3.45. The summed E-state index contributed by atoms with van der Waals surface area (Å²) in [6, 6.07) is 1.48. The third kappa shape index (κ3) is 2.24. The average Bonchev–Trinajstić information content (AvgIpc) is 3.02. The van der Waals surface area contributed by atoms with Crippen LogP contribution in [0.15, 0.2) is 12.1 Å². The molecule has 0 atom stereocenters. The summed E-state index contributed by atoms with van der Waals surface area (Å²) in [5.41, 5.74) is -0.588. The maximum atomic E-state index is 13.7. The lowest BCUT2D eigenvalue weighted by Crippen LogP contribution is -2.36. The summed E-state index contributed by atoms with van der Waals surface area (Å²) >= 11 is 0. The van der Waals surface area contributed by atoms with Gasteiger partial charge in [0.05, 0.1) is 17.8 Å². The number of rotatable bonds is 3. The Hall–Kier alpha value is -2.11. The van der Waals surface area contributed by atoms with E-state index < -0.39 is 28.9 Å². The van der Waals surface area contributed by atoms with Crippen molar-refractivity contribution in [2.75, 3.05) is 11.4 Å². The molecule has 1 aromatic carbocycles. The van der Waals surface area contributed by atoms with Crippen LogP contribution in [-0.2, 0) is 9.59 Å². The first kappa shape index (κ1) is 13.9. The van der Waals surface area contributed by atoms with E-state index in [4.69, 9.17) is 0 Å². The summed E-state index contributed by atoms with van der Waals surface area (Å²) in [7, 11) is 0. The van der Waals surface area contributed by atoms with E-state index >= 15 is 0 Å². The summed E-state index contributed by atoms with van der Waals surface area (Å²) in [6.45, 7) is -0.300. The molecule has 4 nitrogen and oxygen atoms in total. The molecule has 0 unspecified atom stereocenters. The monoisotopic (exact) mass is 293 g/mol. The second kappa shape index (κ2) is 5.02. The first-order chi connectivity index (χ1) is 9.99. The molecule has 0 spiro atoms. The van der Waals surface area contributed by atoms with Crippen molar-refractivity contribution >= 4 is 23.2 Å². The van der Waals surface area contributed by atoms with E-state index in [1.165, 1.54) is 0 Å². The molecule has 3 rings (SSSR count). The standard InChI is InChI=1S/C15H13F2NO3/c16-9-5-10(17)13-11(6-9)18(15(21)14(13)20)7-12(19)8-3-1-2-4-8/h5-6,8H,1-4,7H2. The Balaban J connectivity index is 1.92. The Morgan fingerprint density at radius 1 is 1.19 bits per heavy atom. The first-order valence-electron chi connectivity index (χ1n) is 6.87. The van der Waals surface area contributed by atoms with Crippen LogP contribution < -0.4 is 4.90 Å². The molecule has 1 heterocycles. The zero-order valence-electron chi connectivity index (χ0n) is 11.2. The number of benzene rings is 1. The zero-order valence-corrected chi connectivity index (χ0v) is 11.2. The number of hydrogen-bond acceptors (Lipinski definition) is 3. The summed E-state index contributed by atoms with van der Waals surface area (Å²) in [5.74, 6) is -4.24. The van der Waals surface area contributed by atoms with E-state index in [2.05, 4.69) is 0 Å². The highest BCUT2D eigenvalue weighted by atomic mass is 19.1. The van der Waals surface area contributed by atoms with E-state index in [-0.39, 0.29) is 23.9 Å². The SMILES string of the molecule is O=C1C(=O)N(CC(=O)C2CCCC2)c2cc(F)cc(F)c21. The van der Waals surface area contributed by atoms with Gasteiger partial charge in [0.2, 0.25) is 0 Å². The van der Waals surface area contributed by atoms with Crippen LogP contribution in [0, 0.1) is 17.6 Å². The van der Waals surface area contributed by atoms with Gasteiger partial charge in [0, 0.05) is 12.0 Å². The van der Waals surface area contributed by atoms with Crippen molar-refractivity contribution in [2.45, 2.75) is 25.7 Å². The normalized spacial score (nSPS) is 18.5. The number of carbonyl (C=O) groups excluding carboxylic acids is 3. The molecule has 6 heteroatoms. The van der Waals surface area contributed by atoms with E-state index in [1.807, 2.05) is 0 Å². The Morgan fingerprint density at radius 2 is 1.86 bits per heavy atom. The van der Waals surface area contributed by atoms with Crippen LogP contribution >= 0.6 is 0 Å². The fraction of sp³-hybridized carbons (Fsp3) is 0.400. The van der Waals surface area contributed by atoms with Crippen molar-refractivity contribution in [3.8, 4) is 0 Å². The highest BCUT2D eigenvalue weighted by Gasteiger charge is 2.40. The third-order valence-corrected chi connectivity index (χ3v) is 4.12. The zero-order chi connectivity index (χ0) is 15.1. The maximum Gasteiger partial charge on any atom is 0.300 e. The second-order valence-electron chi connectivity index (χ2n) is 5.45. The smallest absolute Gasteiger partial charge is 0.297 e. The lowest BCUT2D eigenvalue weighted by atomic mass is 10.0. The second-order valence-corrected chi connectivity index (χ2v) is 5.45. The van der Waals surface area contributed by atoms with Crippen molar-refractivity contribution in [2.24, 2.45) is 5.92 Å². The lowest BCUT2D eigenvalue weighted by molar-refractivity contribution is -0.123. The van der Waals surface area contributed by atoms with Gasteiger partial charge in [0.15, 0.2) is 5.78 Å². The van der Waals surface area contributed by atoms with Crippen LogP contribution in [0.2, 0.25) is 0 Å². The first-order valence-corrected chi connectivity index (χ1v) is 6.87. The number of anilines is 1. The molecular weight excluding hydrogens is 280 g/mol. The van der Waals surface area contributed by atoms with E-state index in [9.17, 15) is 23.2 Å². The minimum Gasteiger partial charge on any atom is -0.297 e. The van der Waals surface area contributed by atoms with Crippen LogP contribution in [0.3, 0.4) is 0 Å². The molecule has 110 valence electrons. The summed E-state index contributed by atoms with van der Waals surface area (Å²) < 4.78 is 27.0.